The fraction of sp³-hybridized carbons (Fsp3) is 0. The number of carboxylic acid groups (broad SMARTS) is 1. The highest BCUT2D eigenvalue weighted by Gasteiger charge is 2.19. The van der Waals surface area contributed by atoms with Crippen LogP contribution in [0.5, 0.6) is 0 Å². The SMILES string of the molecule is Nc1ccc(F)c(-n2cc(C(=O)O)c(=O)c3cc(F)c(Cl)nc32)c1. The zero-order valence-electron chi connectivity index (χ0n) is 11.8. The fourth-order valence-electron chi connectivity index (χ4n) is 2.25. The molecule has 3 aromatic rings. The summed E-state index contributed by atoms with van der Waals surface area (Å²) >= 11 is 5.64. The van der Waals surface area contributed by atoms with Gasteiger partial charge in [0.25, 0.3) is 0 Å². The summed E-state index contributed by atoms with van der Waals surface area (Å²) in [6.07, 6.45) is 0.895. The maximum atomic E-state index is 14.2. The van der Waals surface area contributed by atoms with Crippen molar-refractivity contribution in [3.05, 3.63) is 63.0 Å². The first-order valence-corrected chi connectivity index (χ1v) is 6.87. The van der Waals surface area contributed by atoms with Gasteiger partial charge in [0.15, 0.2) is 16.6 Å². The second-order valence-corrected chi connectivity index (χ2v) is 5.25. The van der Waals surface area contributed by atoms with E-state index < -0.39 is 33.7 Å². The summed E-state index contributed by atoms with van der Waals surface area (Å²) in [4.78, 5) is 27.2. The molecule has 0 unspecified atom stereocenters. The van der Waals surface area contributed by atoms with E-state index in [-0.39, 0.29) is 22.4 Å². The predicted molar refractivity (Wildman–Crippen MR) is 83.6 cm³/mol. The van der Waals surface area contributed by atoms with Crippen LogP contribution < -0.4 is 11.2 Å². The van der Waals surface area contributed by atoms with Crippen molar-refractivity contribution in [2.24, 2.45) is 0 Å². The van der Waals surface area contributed by atoms with Gasteiger partial charge in [-0.2, -0.15) is 0 Å². The van der Waals surface area contributed by atoms with Gasteiger partial charge in [0.05, 0.1) is 11.1 Å². The number of benzene rings is 1. The predicted octanol–water partition coefficient (Wildman–Crippen LogP) is 2.60. The van der Waals surface area contributed by atoms with E-state index in [2.05, 4.69) is 4.98 Å². The molecule has 0 spiro atoms. The number of hydrogen-bond acceptors (Lipinski definition) is 4. The number of nitrogen functional groups attached to an aromatic ring is 1. The lowest BCUT2D eigenvalue weighted by Gasteiger charge is -2.13. The molecule has 0 fully saturated rings. The Morgan fingerprint density at radius 1 is 1.25 bits per heavy atom. The molecule has 3 N–H and O–H groups in total. The lowest BCUT2D eigenvalue weighted by atomic mass is 10.1. The maximum Gasteiger partial charge on any atom is 0.341 e. The molecule has 6 nitrogen and oxygen atoms in total. The van der Waals surface area contributed by atoms with Crippen LogP contribution in [0.3, 0.4) is 0 Å². The molecule has 0 aliphatic carbocycles. The first-order valence-electron chi connectivity index (χ1n) is 6.49. The minimum absolute atomic E-state index is 0.155. The Morgan fingerprint density at radius 3 is 2.62 bits per heavy atom. The Hall–Kier alpha value is -3.00. The largest absolute Gasteiger partial charge is 0.477 e. The fourth-order valence-corrected chi connectivity index (χ4v) is 2.39. The number of nitrogens with two attached hydrogens (primary N) is 1. The van der Waals surface area contributed by atoms with Gasteiger partial charge in [-0.25, -0.2) is 18.6 Å². The third kappa shape index (κ3) is 2.46. The molecule has 122 valence electrons. The van der Waals surface area contributed by atoms with Crippen molar-refractivity contribution in [3.63, 3.8) is 0 Å². The Labute approximate surface area is 137 Å². The number of nitrogens with zero attached hydrogens (tertiary/aromatic N) is 2. The van der Waals surface area contributed by atoms with Crippen LogP contribution in [0.2, 0.25) is 5.15 Å². The van der Waals surface area contributed by atoms with E-state index in [0.29, 0.717) is 0 Å². The average Bonchev–Trinajstić information content (AvgIpc) is 2.52. The standard InChI is InChI=1S/C15H8ClF2N3O3/c16-13-10(18)4-7-12(22)8(15(23)24)5-21(14(7)20-13)11-3-6(19)1-2-9(11)17/h1-5H,19H2,(H,23,24). The minimum atomic E-state index is -1.55. The number of aromatic nitrogens is 2. The van der Waals surface area contributed by atoms with E-state index in [4.69, 9.17) is 17.3 Å². The lowest BCUT2D eigenvalue weighted by molar-refractivity contribution is 0.0695. The summed E-state index contributed by atoms with van der Waals surface area (Å²) in [5, 5.41) is 8.28. The van der Waals surface area contributed by atoms with Gasteiger partial charge in [-0.3, -0.25) is 9.36 Å². The van der Waals surface area contributed by atoms with Crippen LogP contribution in [0.25, 0.3) is 16.7 Å². The number of carbonyl (C=O) groups is 1. The van der Waals surface area contributed by atoms with Crippen molar-refractivity contribution in [3.8, 4) is 5.69 Å². The van der Waals surface area contributed by atoms with Gasteiger partial charge < -0.3 is 10.8 Å². The molecule has 0 saturated carbocycles. The number of fused-ring (bicyclic) bond motifs is 1. The summed E-state index contributed by atoms with van der Waals surface area (Å²) in [5.41, 5.74) is 3.84. The zero-order valence-corrected chi connectivity index (χ0v) is 12.5. The van der Waals surface area contributed by atoms with Crippen LogP contribution in [0.4, 0.5) is 14.5 Å². The average molecular weight is 352 g/mol. The van der Waals surface area contributed by atoms with E-state index in [1.165, 1.54) is 12.1 Å². The molecule has 3 rings (SSSR count). The molecule has 24 heavy (non-hydrogen) atoms. The number of hydrogen-bond donors (Lipinski definition) is 2. The van der Waals surface area contributed by atoms with Crippen LogP contribution in [0.1, 0.15) is 10.4 Å². The van der Waals surface area contributed by atoms with Crippen molar-refractivity contribution < 1.29 is 18.7 Å². The summed E-state index contributed by atoms with van der Waals surface area (Å²) in [7, 11) is 0. The van der Waals surface area contributed by atoms with Gasteiger partial charge in [-0.1, -0.05) is 11.6 Å². The van der Waals surface area contributed by atoms with Crippen LogP contribution in [0.15, 0.2) is 35.3 Å². The maximum absolute atomic E-state index is 14.2. The Bertz CT molecular complexity index is 1070. The van der Waals surface area contributed by atoms with Gasteiger partial charge in [0, 0.05) is 11.9 Å². The van der Waals surface area contributed by atoms with Crippen molar-refractivity contribution >= 4 is 34.3 Å². The van der Waals surface area contributed by atoms with E-state index in [1.807, 2.05) is 0 Å². The quantitative estimate of drug-likeness (QED) is 0.546. The molecule has 0 aliphatic heterocycles. The summed E-state index contributed by atoms with van der Waals surface area (Å²) in [6, 6.07) is 4.37. The second kappa shape index (κ2) is 5.57. The van der Waals surface area contributed by atoms with Crippen LogP contribution >= 0.6 is 11.6 Å². The highest BCUT2D eigenvalue weighted by Crippen LogP contribution is 2.23. The number of halogens is 3. The minimum Gasteiger partial charge on any atom is -0.477 e. The van der Waals surface area contributed by atoms with Gasteiger partial charge in [-0.15, -0.1) is 0 Å². The van der Waals surface area contributed by atoms with Crippen molar-refractivity contribution in [2.75, 3.05) is 5.73 Å². The smallest absolute Gasteiger partial charge is 0.341 e. The molecule has 1 aromatic carbocycles. The molecule has 9 heteroatoms. The molecule has 2 aromatic heterocycles. The Kier molecular flexibility index (Phi) is 3.69. The van der Waals surface area contributed by atoms with Crippen LogP contribution in [0, 0.1) is 11.6 Å². The monoisotopic (exact) mass is 351 g/mol. The second-order valence-electron chi connectivity index (χ2n) is 4.89. The topological polar surface area (TPSA) is 98.2 Å². The van der Waals surface area contributed by atoms with Crippen LogP contribution in [-0.2, 0) is 0 Å². The normalized spacial score (nSPS) is 11.0. The number of carboxylic acids is 1. The number of pyridine rings is 2. The summed E-state index contributed by atoms with van der Waals surface area (Å²) in [6.45, 7) is 0. The van der Waals surface area contributed by atoms with Gasteiger partial charge in [-0.05, 0) is 24.3 Å². The molecule has 0 saturated heterocycles. The number of anilines is 1. The molecule has 0 aliphatic rings. The highest BCUT2D eigenvalue weighted by molar-refractivity contribution is 6.29. The van der Waals surface area contributed by atoms with Crippen molar-refractivity contribution in [1.82, 2.24) is 9.55 Å². The van der Waals surface area contributed by atoms with E-state index in [1.54, 1.807) is 0 Å². The molecular formula is C15H8ClF2N3O3. The van der Waals surface area contributed by atoms with Crippen molar-refractivity contribution in [2.45, 2.75) is 0 Å². The third-order valence-corrected chi connectivity index (χ3v) is 3.61. The summed E-state index contributed by atoms with van der Waals surface area (Å²) < 4.78 is 28.8. The van der Waals surface area contributed by atoms with E-state index in [0.717, 1.165) is 22.9 Å². The van der Waals surface area contributed by atoms with E-state index >= 15 is 0 Å². The number of rotatable bonds is 2. The molecule has 0 atom stereocenters. The summed E-state index contributed by atoms with van der Waals surface area (Å²) in [5.74, 6) is -3.29. The molecule has 0 amide bonds. The zero-order chi connectivity index (χ0) is 17.6. The Morgan fingerprint density at radius 2 is 1.96 bits per heavy atom. The highest BCUT2D eigenvalue weighted by atomic mass is 35.5. The first kappa shape index (κ1) is 15.9. The van der Waals surface area contributed by atoms with Crippen molar-refractivity contribution in [1.29, 1.82) is 0 Å². The van der Waals surface area contributed by atoms with Gasteiger partial charge in [0.1, 0.15) is 11.4 Å². The lowest BCUT2D eigenvalue weighted by Crippen LogP contribution is -2.20. The van der Waals surface area contributed by atoms with Gasteiger partial charge >= 0.3 is 5.97 Å². The van der Waals surface area contributed by atoms with E-state index in [9.17, 15) is 23.5 Å². The third-order valence-electron chi connectivity index (χ3n) is 3.35. The molecular weight excluding hydrogens is 344 g/mol. The van der Waals surface area contributed by atoms with Gasteiger partial charge in [0.2, 0.25) is 5.43 Å². The number of aromatic carboxylic acids is 1. The Balaban J connectivity index is 2.53. The first-order chi connectivity index (χ1) is 11.3. The molecule has 2 heterocycles. The molecule has 0 bridgehead atoms. The molecule has 0 radical (unpaired) electrons. The van der Waals surface area contributed by atoms with Crippen LogP contribution in [-0.4, -0.2) is 20.6 Å².